The van der Waals surface area contributed by atoms with Crippen molar-refractivity contribution in [3.63, 3.8) is 0 Å². The van der Waals surface area contributed by atoms with E-state index in [1.165, 1.54) is 0 Å². The highest BCUT2D eigenvalue weighted by molar-refractivity contribution is 6.44. The van der Waals surface area contributed by atoms with Crippen molar-refractivity contribution in [3.05, 3.63) is 57.0 Å². The number of hydrogen-bond donors (Lipinski definition) is 1. The lowest BCUT2D eigenvalue weighted by molar-refractivity contribution is 0.306. The topological polar surface area (TPSA) is 21.3 Å². The van der Waals surface area contributed by atoms with Gasteiger partial charge in [-0.1, -0.05) is 66.3 Å². The minimum absolute atomic E-state index is 0.445. The van der Waals surface area contributed by atoms with Gasteiger partial charge in [-0.25, -0.2) is 0 Å². The van der Waals surface area contributed by atoms with Gasteiger partial charge in [-0.3, -0.25) is 0 Å². The highest BCUT2D eigenvalue weighted by Crippen LogP contribution is 2.32. The van der Waals surface area contributed by atoms with Gasteiger partial charge in [0.05, 0.1) is 27.4 Å². The summed E-state index contributed by atoms with van der Waals surface area (Å²) >= 11 is 18.1. The third kappa shape index (κ3) is 4.70. The first-order chi connectivity index (χ1) is 10.6. The van der Waals surface area contributed by atoms with Crippen molar-refractivity contribution in [3.8, 4) is 5.75 Å². The van der Waals surface area contributed by atoms with Crippen LogP contribution in [0, 0.1) is 0 Å². The van der Waals surface area contributed by atoms with E-state index in [4.69, 9.17) is 39.5 Å². The molecule has 5 heteroatoms. The van der Waals surface area contributed by atoms with Gasteiger partial charge < -0.3 is 10.1 Å². The number of hydrogen-bond acceptors (Lipinski definition) is 2. The Morgan fingerprint density at radius 3 is 2.50 bits per heavy atom. The summed E-state index contributed by atoms with van der Waals surface area (Å²) in [5.41, 5.74) is 1.82. The third-order valence-corrected chi connectivity index (χ3v) is 4.24. The zero-order chi connectivity index (χ0) is 15.9. The minimum Gasteiger partial charge on any atom is -0.493 e. The summed E-state index contributed by atoms with van der Waals surface area (Å²) < 4.78 is 5.82. The first-order valence-corrected chi connectivity index (χ1v) is 8.34. The molecule has 0 aliphatic rings. The van der Waals surface area contributed by atoms with Crippen molar-refractivity contribution in [2.45, 2.75) is 26.3 Å². The van der Waals surface area contributed by atoms with Gasteiger partial charge in [-0.2, -0.15) is 0 Å². The average Bonchev–Trinajstić information content (AvgIpc) is 2.51. The van der Waals surface area contributed by atoms with E-state index in [-0.39, 0.29) is 0 Å². The van der Waals surface area contributed by atoms with Gasteiger partial charge in [0, 0.05) is 12.1 Å². The zero-order valence-electron chi connectivity index (χ0n) is 12.3. The SMILES string of the molecule is CCCCOc1ccccc1CNc1cc(Cl)c(Cl)cc1Cl. The molecule has 0 bridgehead atoms. The zero-order valence-corrected chi connectivity index (χ0v) is 14.6. The Labute approximate surface area is 146 Å². The molecule has 2 rings (SSSR count). The summed E-state index contributed by atoms with van der Waals surface area (Å²) in [6.07, 6.45) is 2.15. The molecule has 0 unspecified atom stereocenters. The first-order valence-electron chi connectivity index (χ1n) is 7.21. The maximum absolute atomic E-state index is 6.17. The lowest BCUT2D eigenvalue weighted by Crippen LogP contribution is -2.04. The Bertz CT molecular complexity index is 631. The van der Waals surface area contributed by atoms with Crippen LogP contribution >= 0.6 is 34.8 Å². The molecule has 2 aromatic carbocycles. The largest absolute Gasteiger partial charge is 0.493 e. The average molecular weight is 359 g/mol. The Balaban J connectivity index is 2.07. The second-order valence-electron chi connectivity index (χ2n) is 4.91. The lowest BCUT2D eigenvalue weighted by Gasteiger charge is -2.14. The number of para-hydroxylation sites is 1. The molecule has 0 amide bonds. The quantitative estimate of drug-likeness (QED) is 0.454. The van der Waals surface area contributed by atoms with Crippen molar-refractivity contribution in [1.29, 1.82) is 0 Å². The van der Waals surface area contributed by atoms with E-state index in [9.17, 15) is 0 Å². The number of halogens is 3. The molecular weight excluding hydrogens is 341 g/mol. The third-order valence-electron chi connectivity index (χ3n) is 3.21. The van der Waals surface area contributed by atoms with Crippen LogP contribution in [0.3, 0.4) is 0 Å². The summed E-state index contributed by atoms with van der Waals surface area (Å²) in [6.45, 7) is 3.46. The number of unbranched alkanes of at least 4 members (excludes halogenated alkanes) is 1. The second-order valence-corrected chi connectivity index (χ2v) is 6.13. The standard InChI is InChI=1S/C17H18Cl3NO/c1-2-3-8-22-17-7-5-4-6-12(17)11-21-16-10-14(19)13(18)9-15(16)20/h4-7,9-10,21H,2-3,8,11H2,1H3. The van der Waals surface area contributed by atoms with E-state index < -0.39 is 0 Å². The monoisotopic (exact) mass is 357 g/mol. The molecule has 0 radical (unpaired) electrons. The maximum atomic E-state index is 6.17. The van der Waals surface area contributed by atoms with Crippen LogP contribution in [0.1, 0.15) is 25.3 Å². The van der Waals surface area contributed by atoms with Crippen molar-refractivity contribution in [2.24, 2.45) is 0 Å². The van der Waals surface area contributed by atoms with Crippen LogP contribution in [0.15, 0.2) is 36.4 Å². The normalized spacial score (nSPS) is 10.5. The fraction of sp³-hybridized carbons (Fsp3) is 0.294. The van der Waals surface area contributed by atoms with Gasteiger partial charge in [-0.15, -0.1) is 0 Å². The molecule has 0 aromatic heterocycles. The molecule has 2 aromatic rings. The van der Waals surface area contributed by atoms with E-state index in [1.807, 2.05) is 24.3 Å². The summed E-state index contributed by atoms with van der Waals surface area (Å²) in [6, 6.07) is 11.3. The van der Waals surface area contributed by atoms with Gasteiger partial charge in [0.2, 0.25) is 0 Å². The molecular formula is C17H18Cl3NO. The Morgan fingerprint density at radius 2 is 1.73 bits per heavy atom. The molecule has 1 N–H and O–H groups in total. The molecule has 0 fully saturated rings. The Morgan fingerprint density at radius 1 is 1.00 bits per heavy atom. The second kappa shape index (κ2) is 8.52. The molecule has 0 saturated carbocycles. The van der Waals surface area contributed by atoms with Crippen LogP contribution in [0.5, 0.6) is 5.75 Å². The molecule has 0 saturated heterocycles. The number of benzene rings is 2. The molecule has 0 aliphatic carbocycles. The summed E-state index contributed by atoms with van der Waals surface area (Å²) in [7, 11) is 0. The molecule has 0 aliphatic heterocycles. The molecule has 0 atom stereocenters. The van der Waals surface area contributed by atoms with Crippen molar-refractivity contribution in [1.82, 2.24) is 0 Å². The highest BCUT2D eigenvalue weighted by atomic mass is 35.5. The smallest absolute Gasteiger partial charge is 0.124 e. The Kier molecular flexibility index (Phi) is 6.69. The van der Waals surface area contributed by atoms with Crippen molar-refractivity contribution >= 4 is 40.5 Å². The Hall–Kier alpha value is -1.09. The maximum Gasteiger partial charge on any atom is 0.124 e. The van der Waals surface area contributed by atoms with Gasteiger partial charge in [0.1, 0.15) is 5.75 Å². The number of anilines is 1. The van der Waals surface area contributed by atoms with E-state index in [0.717, 1.165) is 36.4 Å². The predicted molar refractivity (Wildman–Crippen MR) is 95.6 cm³/mol. The summed E-state index contributed by atoms with van der Waals surface area (Å²) in [5.74, 6) is 0.889. The van der Waals surface area contributed by atoms with Crippen LogP contribution in [0.4, 0.5) is 5.69 Å². The van der Waals surface area contributed by atoms with Crippen LogP contribution in [-0.2, 0) is 6.54 Å². The predicted octanol–water partition coefficient (Wildman–Crippen LogP) is 6.44. The van der Waals surface area contributed by atoms with Gasteiger partial charge in [-0.05, 0) is 24.6 Å². The summed E-state index contributed by atoms with van der Waals surface area (Å²) in [5, 5.41) is 4.73. The molecule has 0 spiro atoms. The van der Waals surface area contributed by atoms with Crippen molar-refractivity contribution in [2.75, 3.05) is 11.9 Å². The van der Waals surface area contributed by atoms with Gasteiger partial charge in [0.15, 0.2) is 0 Å². The van der Waals surface area contributed by atoms with Crippen LogP contribution in [0.2, 0.25) is 15.1 Å². The van der Waals surface area contributed by atoms with Crippen LogP contribution < -0.4 is 10.1 Å². The number of nitrogens with one attached hydrogen (secondary N) is 1. The van der Waals surface area contributed by atoms with Gasteiger partial charge >= 0.3 is 0 Å². The van der Waals surface area contributed by atoms with Gasteiger partial charge in [0.25, 0.3) is 0 Å². The van der Waals surface area contributed by atoms with Crippen LogP contribution in [-0.4, -0.2) is 6.61 Å². The first kappa shape index (κ1) is 17.3. The fourth-order valence-corrected chi connectivity index (χ4v) is 2.58. The summed E-state index contributed by atoms with van der Waals surface area (Å²) in [4.78, 5) is 0. The van der Waals surface area contributed by atoms with E-state index in [1.54, 1.807) is 12.1 Å². The number of rotatable bonds is 7. The molecule has 118 valence electrons. The molecule has 22 heavy (non-hydrogen) atoms. The number of ether oxygens (including phenoxy) is 1. The lowest BCUT2D eigenvalue weighted by atomic mass is 10.2. The van der Waals surface area contributed by atoms with Crippen LogP contribution in [0.25, 0.3) is 0 Å². The van der Waals surface area contributed by atoms with Crippen molar-refractivity contribution < 1.29 is 4.74 Å². The van der Waals surface area contributed by atoms with E-state index in [2.05, 4.69) is 12.2 Å². The van der Waals surface area contributed by atoms with E-state index in [0.29, 0.717) is 21.6 Å². The fourth-order valence-electron chi connectivity index (χ4n) is 1.97. The van der Waals surface area contributed by atoms with E-state index >= 15 is 0 Å². The minimum atomic E-state index is 0.445. The molecule has 0 heterocycles. The highest BCUT2D eigenvalue weighted by Gasteiger charge is 2.08. The molecule has 2 nitrogen and oxygen atoms in total.